The van der Waals surface area contributed by atoms with Crippen molar-refractivity contribution >= 4 is 45.9 Å². The van der Waals surface area contributed by atoms with E-state index in [9.17, 15) is 14.7 Å². The molecule has 1 fully saturated rings. The predicted octanol–water partition coefficient (Wildman–Crippen LogP) is 2.60. The van der Waals surface area contributed by atoms with Gasteiger partial charge in [0.25, 0.3) is 0 Å². The number of carboxylic acid groups (broad SMARTS) is 1. The normalized spacial score (nSPS) is 15.2. The third-order valence-corrected chi connectivity index (χ3v) is 4.49. The average Bonchev–Trinajstić information content (AvgIpc) is 2.67. The van der Waals surface area contributed by atoms with Crippen molar-refractivity contribution in [1.29, 1.82) is 0 Å². The second-order valence-electron chi connectivity index (χ2n) is 6.11. The van der Waals surface area contributed by atoms with Crippen molar-refractivity contribution in [3.8, 4) is 0 Å². The highest BCUT2D eigenvalue weighted by Gasteiger charge is 2.21. The summed E-state index contributed by atoms with van der Waals surface area (Å²) in [5, 5.41) is 9.46. The highest BCUT2D eigenvalue weighted by Crippen LogP contribution is 2.29. The quantitative estimate of drug-likeness (QED) is 0.776. The molecule has 9 heteroatoms. The second kappa shape index (κ2) is 7.98. The molecule has 0 radical (unpaired) electrons. The number of rotatable bonds is 5. The number of halogens is 1. The number of aromatic nitrogens is 3. The van der Waals surface area contributed by atoms with Crippen LogP contribution in [-0.2, 0) is 9.53 Å². The van der Waals surface area contributed by atoms with Crippen molar-refractivity contribution in [3.05, 3.63) is 28.6 Å². The van der Waals surface area contributed by atoms with Crippen LogP contribution >= 0.6 is 11.6 Å². The van der Waals surface area contributed by atoms with E-state index < -0.39 is 5.97 Å². The number of allylic oxidation sites excluding steroid dienone is 2. The number of ketones is 1. The molecule has 0 unspecified atom stereocenters. The Morgan fingerprint density at radius 2 is 1.96 bits per heavy atom. The van der Waals surface area contributed by atoms with Gasteiger partial charge in [-0.25, -0.2) is 19.7 Å². The van der Waals surface area contributed by atoms with Gasteiger partial charge in [-0.05, 0) is 24.6 Å². The lowest BCUT2D eigenvalue weighted by molar-refractivity contribution is -0.114. The van der Waals surface area contributed by atoms with Gasteiger partial charge >= 0.3 is 5.97 Å². The summed E-state index contributed by atoms with van der Waals surface area (Å²) in [5.41, 5.74) is 1.38. The number of hydrogen-bond acceptors (Lipinski definition) is 7. The number of carbonyl (C=O) groups excluding carboxylic acids is 1. The minimum atomic E-state index is -1.20. The second-order valence-corrected chi connectivity index (χ2v) is 6.52. The molecule has 1 aliphatic rings. The maximum Gasteiger partial charge on any atom is 0.354 e. The standard InChI is InChI=1S/C18H19ClN4O4/c1-3-11(24)8-10(2)14-16-15(12(19)9-13(20-16)17(25)26)22-18(21-14)23-4-6-27-7-5-23/h8-9H,3-7H2,1-2H3,(H,25,26)/b10-8+. The van der Waals surface area contributed by atoms with Gasteiger partial charge < -0.3 is 14.7 Å². The molecule has 0 bridgehead atoms. The van der Waals surface area contributed by atoms with Gasteiger partial charge in [-0.15, -0.1) is 0 Å². The number of nitrogens with zero attached hydrogens (tertiary/aromatic N) is 4. The van der Waals surface area contributed by atoms with Gasteiger partial charge in [0.15, 0.2) is 11.5 Å². The number of ether oxygens (including phenoxy) is 1. The summed E-state index contributed by atoms with van der Waals surface area (Å²) in [5.74, 6) is -0.815. The molecule has 0 aromatic carbocycles. The monoisotopic (exact) mass is 390 g/mol. The van der Waals surface area contributed by atoms with Crippen molar-refractivity contribution in [2.45, 2.75) is 20.3 Å². The lowest BCUT2D eigenvalue weighted by Gasteiger charge is -2.27. The third-order valence-electron chi connectivity index (χ3n) is 4.21. The number of hydrogen-bond donors (Lipinski definition) is 1. The van der Waals surface area contributed by atoms with Crippen molar-refractivity contribution in [2.75, 3.05) is 31.2 Å². The van der Waals surface area contributed by atoms with E-state index in [4.69, 9.17) is 16.3 Å². The van der Waals surface area contributed by atoms with Crippen LogP contribution in [0.1, 0.15) is 36.5 Å². The lowest BCUT2D eigenvalue weighted by Crippen LogP contribution is -2.37. The Bertz CT molecular complexity index is 939. The predicted molar refractivity (Wildman–Crippen MR) is 101 cm³/mol. The van der Waals surface area contributed by atoms with Gasteiger partial charge in [0.05, 0.1) is 23.9 Å². The molecule has 1 N–H and O–H groups in total. The SMILES string of the molecule is CCC(=O)/C=C(\C)c1nc(N2CCOCC2)nc2c(Cl)cc(C(=O)O)nc12. The van der Waals surface area contributed by atoms with Crippen molar-refractivity contribution in [2.24, 2.45) is 0 Å². The summed E-state index contributed by atoms with van der Waals surface area (Å²) in [6.07, 6.45) is 1.83. The first-order valence-electron chi connectivity index (χ1n) is 8.56. The number of fused-ring (bicyclic) bond motifs is 1. The zero-order chi connectivity index (χ0) is 19.6. The molecule has 0 amide bonds. The summed E-state index contributed by atoms with van der Waals surface area (Å²) in [6, 6.07) is 1.27. The minimum absolute atomic E-state index is 0.0623. The van der Waals surface area contributed by atoms with Gasteiger partial charge in [-0.1, -0.05) is 18.5 Å². The van der Waals surface area contributed by atoms with E-state index in [2.05, 4.69) is 15.0 Å². The van der Waals surface area contributed by atoms with Crippen LogP contribution < -0.4 is 4.90 Å². The molecule has 0 atom stereocenters. The smallest absolute Gasteiger partial charge is 0.354 e. The highest BCUT2D eigenvalue weighted by atomic mass is 35.5. The van der Waals surface area contributed by atoms with Crippen molar-refractivity contribution in [3.63, 3.8) is 0 Å². The van der Waals surface area contributed by atoms with Gasteiger partial charge in [0.1, 0.15) is 11.0 Å². The van der Waals surface area contributed by atoms with E-state index in [0.717, 1.165) is 0 Å². The number of aromatic carboxylic acids is 1. The van der Waals surface area contributed by atoms with E-state index in [1.54, 1.807) is 13.8 Å². The number of anilines is 1. The average molecular weight is 391 g/mol. The summed E-state index contributed by atoms with van der Waals surface area (Å²) in [6.45, 7) is 5.87. The first-order chi connectivity index (χ1) is 12.9. The van der Waals surface area contributed by atoms with E-state index in [0.29, 0.717) is 55.5 Å². The van der Waals surface area contributed by atoms with E-state index in [1.165, 1.54) is 12.1 Å². The fourth-order valence-corrected chi connectivity index (χ4v) is 2.99. The number of carbonyl (C=O) groups is 2. The zero-order valence-corrected chi connectivity index (χ0v) is 15.8. The van der Waals surface area contributed by atoms with Crippen LogP contribution in [-0.4, -0.2) is 58.1 Å². The summed E-state index contributed by atoms with van der Waals surface area (Å²) < 4.78 is 5.36. The van der Waals surface area contributed by atoms with E-state index >= 15 is 0 Å². The molecule has 3 rings (SSSR count). The molecule has 2 aromatic rings. The fourth-order valence-electron chi connectivity index (χ4n) is 2.76. The molecule has 142 valence electrons. The largest absolute Gasteiger partial charge is 0.477 e. The molecule has 1 aliphatic heterocycles. The third kappa shape index (κ3) is 4.06. The van der Waals surface area contributed by atoms with Crippen LogP contribution in [0.3, 0.4) is 0 Å². The lowest BCUT2D eigenvalue weighted by atomic mass is 10.1. The van der Waals surface area contributed by atoms with Gasteiger partial charge in [0, 0.05) is 19.5 Å². The maximum atomic E-state index is 11.9. The summed E-state index contributed by atoms with van der Waals surface area (Å²) in [4.78, 5) is 38.4. The zero-order valence-electron chi connectivity index (χ0n) is 15.0. The van der Waals surface area contributed by atoms with Crippen LogP contribution in [0.5, 0.6) is 0 Å². The molecule has 8 nitrogen and oxygen atoms in total. The Kier molecular flexibility index (Phi) is 5.67. The molecular formula is C18H19ClN4O4. The van der Waals surface area contributed by atoms with E-state index in [1.807, 2.05) is 4.90 Å². The molecule has 0 saturated carbocycles. The Morgan fingerprint density at radius 1 is 1.26 bits per heavy atom. The van der Waals surface area contributed by atoms with Crippen LogP contribution in [0.2, 0.25) is 5.02 Å². The molecule has 1 saturated heterocycles. The van der Waals surface area contributed by atoms with E-state index in [-0.39, 0.29) is 22.0 Å². The molecule has 3 heterocycles. The minimum Gasteiger partial charge on any atom is -0.477 e. The Hall–Kier alpha value is -2.58. The first kappa shape index (κ1) is 19.2. The highest BCUT2D eigenvalue weighted by molar-refractivity contribution is 6.35. The fraction of sp³-hybridized carbons (Fsp3) is 0.389. The van der Waals surface area contributed by atoms with Crippen LogP contribution in [0.15, 0.2) is 12.1 Å². The van der Waals surface area contributed by atoms with Crippen LogP contribution in [0, 0.1) is 0 Å². The Labute approximate surface area is 160 Å². The van der Waals surface area contributed by atoms with Crippen LogP contribution in [0.4, 0.5) is 5.95 Å². The van der Waals surface area contributed by atoms with Gasteiger partial charge in [-0.3, -0.25) is 4.79 Å². The number of morpholine rings is 1. The molecule has 27 heavy (non-hydrogen) atoms. The maximum absolute atomic E-state index is 11.9. The molecular weight excluding hydrogens is 372 g/mol. The summed E-state index contributed by atoms with van der Waals surface area (Å²) >= 11 is 6.30. The topological polar surface area (TPSA) is 106 Å². The molecule has 2 aromatic heterocycles. The van der Waals surface area contributed by atoms with Crippen molar-refractivity contribution < 1.29 is 19.4 Å². The molecule has 0 aliphatic carbocycles. The van der Waals surface area contributed by atoms with Gasteiger partial charge in [0.2, 0.25) is 5.95 Å². The molecule has 0 spiro atoms. The number of carboxylic acids is 1. The van der Waals surface area contributed by atoms with Gasteiger partial charge in [-0.2, -0.15) is 0 Å². The van der Waals surface area contributed by atoms with Crippen LogP contribution in [0.25, 0.3) is 16.6 Å². The Morgan fingerprint density at radius 3 is 2.59 bits per heavy atom. The Balaban J connectivity index is 2.25. The summed E-state index contributed by atoms with van der Waals surface area (Å²) in [7, 11) is 0. The number of pyridine rings is 1. The van der Waals surface area contributed by atoms with Crippen molar-refractivity contribution in [1.82, 2.24) is 15.0 Å². The first-order valence-corrected chi connectivity index (χ1v) is 8.94.